The van der Waals surface area contributed by atoms with E-state index >= 15 is 0 Å². The number of benzene rings is 1. The summed E-state index contributed by atoms with van der Waals surface area (Å²) in [6.45, 7) is 0. The van der Waals surface area contributed by atoms with E-state index in [1.165, 1.54) is 10.3 Å². The van der Waals surface area contributed by atoms with Crippen LogP contribution in [0.4, 0.5) is 0 Å². The van der Waals surface area contributed by atoms with Crippen LogP contribution >= 0.6 is 43.2 Å². The van der Waals surface area contributed by atoms with Crippen molar-refractivity contribution in [2.45, 2.75) is 5.33 Å². The molecule has 12 heavy (non-hydrogen) atoms. The Hall–Kier alpha value is 0.0700. The lowest BCUT2D eigenvalue weighted by Gasteiger charge is -1.94. The van der Waals surface area contributed by atoms with Gasteiger partial charge in [-0.1, -0.05) is 28.1 Å². The summed E-state index contributed by atoms with van der Waals surface area (Å²) in [5.41, 5.74) is 2.35. The molecule has 0 aliphatic carbocycles. The standard InChI is InChI=1S/C8H5Br2NS/c9-4-5-2-1-3-6-7(5)11-8(10)12-6/h1-3H,4H2. The highest BCUT2D eigenvalue weighted by Crippen LogP contribution is 2.28. The SMILES string of the molecule is BrCc1cccc2sc(Br)nc12. The smallest absolute Gasteiger partial charge is 0.160 e. The third kappa shape index (κ3) is 1.43. The number of hydrogen-bond donors (Lipinski definition) is 0. The zero-order valence-corrected chi connectivity index (χ0v) is 10.0. The number of hydrogen-bond acceptors (Lipinski definition) is 2. The quantitative estimate of drug-likeness (QED) is 0.727. The normalized spacial score (nSPS) is 10.8. The minimum atomic E-state index is 0.862. The van der Waals surface area contributed by atoms with Gasteiger partial charge in [-0.25, -0.2) is 4.98 Å². The van der Waals surface area contributed by atoms with E-state index in [0.717, 1.165) is 14.8 Å². The second-order valence-corrected chi connectivity index (χ2v) is 5.23. The number of para-hydroxylation sites is 1. The van der Waals surface area contributed by atoms with Crippen LogP contribution in [0.15, 0.2) is 22.1 Å². The number of fused-ring (bicyclic) bond motifs is 1. The summed E-state index contributed by atoms with van der Waals surface area (Å²) in [5.74, 6) is 0. The molecule has 0 bridgehead atoms. The van der Waals surface area contributed by atoms with E-state index in [-0.39, 0.29) is 0 Å². The Bertz CT molecular complexity index is 410. The van der Waals surface area contributed by atoms with E-state index in [1.807, 2.05) is 0 Å². The molecule has 1 nitrogen and oxygen atoms in total. The van der Waals surface area contributed by atoms with Crippen molar-refractivity contribution in [1.29, 1.82) is 0 Å². The van der Waals surface area contributed by atoms with Crippen molar-refractivity contribution in [3.05, 3.63) is 27.7 Å². The molecule has 0 aliphatic heterocycles. The zero-order chi connectivity index (χ0) is 8.55. The molecule has 0 fully saturated rings. The summed E-state index contributed by atoms with van der Waals surface area (Å²) in [6, 6.07) is 6.23. The molecule has 0 aliphatic rings. The highest BCUT2D eigenvalue weighted by atomic mass is 79.9. The summed E-state index contributed by atoms with van der Waals surface area (Å²) in [7, 11) is 0. The number of rotatable bonds is 1. The molecule has 0 atom stereocenters. The minimum Gasteiger partial charge on any atom is -0.229 e. The van der Waals surface area contributed by atoms with Gasteiger partial charge in [0.25, 0.3) is 0 Å². The van der Waals surface area contributed by atoms with Crippen LogP contribution < -0.4 is 0 Å². The molecule has 0 saturated heterocycles. The molecule has 0 saturated carbocycles. The van der Waals surface area contributed by atoms with Gasteiger partial charge in [0.15, 0.2) is 3.92 Å². The lowest BCUT2D eigenvalue weighted by atomic mass is 10.2. The van der Waals surface area contributed by atoms with E-state index in [4.69, 9.17) is 0 Å². The number of thiazole rings is 1. The first-order valence-corrected chi connectivity index (χ1v) is 6.14. The van der Waals surface area contributed by atoms with Crippen LogP contribution in [-0.2, 0) is 5.33 Å². The van der Waals surface area contributed by atoms with Gasteiger partial charge in [-0.2, -0.15) is 0 Å². The van der Waals surface area contributed by atoms with Gasteiger partial charge < -0.3 is 0 Å². The zero-order valence-electron chi connectivity index (χ0n) is 6.05. The van der Waals surface area contributed by atoms with Crippen molar-refractivity contribution in [1.82, 2.24) is 4.98 Å². The number of nitrogens with zero attached hydrogens (tertiary/aromatic N) is 1. The Labute approximate surface area is 91.1 Å². The van der Waals surface area contributed by atoms with Crippen LogP contribution in [0.3, 0.4) is 0 Å². The second-order valence-electron chi connectivity index (χ2n) is 2.36. The van der Waals surface area contributed by atoms with E-state index in [0.29, 0.717) is 0 Å². The van der Waals surface area contributed by atoms with Crippen LogP contribution in [0, 0.1) is 0 Å². The predicted octanol–water partition coefficient (Wildman–Crippen LogP) is 3.95. The van der Waals surface area contributed by atoms with Crippen molar-refractivity contribution in [3.8, 4) is 0 Å². The molecule has 0 spiro atoms. The maximum Gasteiger partial charge on any atom is 0.160 e. The largest absolute Gasteiger partial charge is 0.229 e. The van der Waals surface area contributed by atoms with Crippen LogP contribution in [0.2, 0.25) is 0 Å². The number of halogens is 2. The average Bonchev–Trinajstić information content (AvgIpc) is 2.44. The molecule has 0 amide bonds. The molecule has 0 radical (unpaired) electrons. The first kappa shape index (κ1) is 8.66. The second kappa shape index (κ2) is 3.44. The van der Waals surface area contributed by atoms with Crippen molar-refractivity contribution in [2.75, 3.05) is 0 Å². The van der Waals surface area contributed by atoms with Gasteiger partial charge in [0.2, 0.25) is 0 Å². The lowest BCUT2D eigenvalue weighted by molar-refractivity contribution is 1.38. The molecular weight excluding hydrogens is 302 g/mol. The Kier molecular flexibility index (Phi) is 2.48. The van der Waals surface area contributed by atoms with Crippen molar-refractivity contribution >= 4 is 53.4 Å². The fraction of sp³-hybridized carbons (Fsp3) is 0.125. The van der Waals surface area contributed by atoms with E-state index < -0.39 is 0 Å². The van der Waals surface area contributed by atoms with E-state index in [2.05, 4.69) is 55.0 Å². The molecule has 62 valence electrons. The van der Waals surface area contributed by atoms with Gasteiger partial charge in [0.05, 0.1) is 10.2 Å². The van der Waals surface area contributed by atoms with E-state index in [9.17, 15) is 0 Å². The molecule has 1 aromatic carbocycles. The van der Waals surface area contributed by atoms with Crippen LogP contribution in [-0.4, -0.2) is 4.98 Å². The third-order valence-corrected chi connectivity index (χ3v) is 3.70. The van der Waals surface area contributed by atoms with Gasteiger partial charge in [-0.15, -0.1) is 11.3 Å². The number of aromatic nitrogens is 1. The Morgan fingerprint density at radius 3 is 3.00 bits per heavy atom. The molecule has 0 unspecified atom stereocenters. The third-order valence-electron chi connectivity index (χ3n) is 1.62. The van der Waals surface area contributed by atoms with Crippen LogP contribution in [0.25, 0.3) is 10.2 Å². The van der Waals surface area contributed by atoms with Gasteiger partial charge in [-0.3, -0.25) is 0 Å². The molecule has 2 rings (SSSR count). The summed E-state index contributed by atoms with van der Waals surface area (Å²) < 4.78 is 2.18. The number of alkyl halides is 1. The van der Waals surface area contributed by atoms with Crippen molar-refractivity contribution in [2.24, 2.45) is 0 Å². The van der Waals surface area contributed by atoms with Crippen molar-refractivity contribution in [3.63, 3.8) is 0 Å². The summed E-state index contributed by atoms with van der Waals surface area (Å²) >= 11 is 8.48. The summed E-state index contributed by atoms with van der Waals surface area (Å²) in [5, 5.41) is 0.862. The molecule has 1 heterocycles. The molecule has 2 aromatic rings. The molecule has 1 aromatic heterocycles. The predicted molar refractivity (Wildman–Crippen MR) is 60.0 cm³/mol. The highest BCUT2D eigenvalue weighted by molar-refractivity contribution is 9.11. The first-order valence-electron chi connectivity index (χ1n) is 3.41. The molecule has 0 N–H and O–H groups in total. The van der Waals surface area contributed by atoms with Gasteiger partial charge in [0, 0.05) is 5.33 Å². The van der Waals surface area contributed by atoms with Crippen molar-refractivity contribution < 1.29 is 0 Å². The maximum atomic E-state index is 4.39. The Balaban J connectivity index is 2.78. The van der Waals surface area contributed by atoms with Gasteiger partial charge in [-0.05, 0) is 27.6 Å². The minimum absolute atomic E-state index is 0.862. The summed E-state index contributed by atoms with van der Waals surface area (Å²) in [4.78, 5) is 4.39. The molecule has 4 heteroatoms. The maximum absolute atomic E-state index is 4.39. The fourth-order valence-electron chi connectivity index (χ4n) is 1.09. The van der Waals surface area contributed by atoms with Gasteiger partial charge >= 0.3 is 0 Å². The van der Waals surface area contributed by atoms with Gasteiger partial charge in [0.1, 0.15) is 0 Å². The van der Waals surface area contributed by atoms with E-state index in [1.54, 1.807) is 11.3 Å². The average molecular weight is 307 g/mol. The Morgan fingerprint density at radius 2 is 2.25 bits per heavy atom. The topological polar surface area (TPSA) is 12.9 Å². The fourth-order valence-corrected chi connectivity index (χ4v) is 2.98. The molecular formula is C8H5Br2NS. The van der Waals surface area contributed by atoms with Crippen LogP contribution in [0.1, 0.15) is 5.56 Å². The Morgan fingerprint density at radius 1 is 1.42 bits per heavy atom. The summed E-state index contributed by atoms with van der Waals surface area (Å²) in [6.07, 6.45) is 0. The monoisotopic (exact) mass is 305 g/mol. The highest BCUT2D eigenvalue weighted by Gasteiger charge is 2.04. The first-order chi connectivity index (χ1) is 5.81. The lowest BCUT2D eigenvalue weighted by Crippen LogP contribution is -1.78. The van der Waals surface area contributed by atoms with Crippen LogP contribution in [0.5, 0.6) is 0 Å².